The Hall–Kier alpha value is -2.92. The summed E-state index contributed by atoms with van der Waals surface area (Å²) >= 11 is 6.57. The summed E-state index contributed by atoms with van der Waals surface area (Å²) in [7, 11) is 0. The second-order valence-corrected chi connectivity index (χ2v) is 10.1. The Kier molecular flexibility index (Phi) is 6.20. The Morgan fingerprint density at radius 2 is 1.83 bits per heavy atom. The number of hydrogen-bond acceptors (Lipinski definition) is 7. The summed E-state index contributed by atoms with van der Waals surface area (Å²) in [4.78, 5) is 23.1. The van der Waals surface area contributed by atoms with Crippen molar-refractivity contribution in [2.75, 3.05) is 13.2 Å². The highest BCUT2D eigenvalue weighted by molar-refractivity contribution is 6.33. The van der Waals surface area contributed by atoms with Gasteiger partial charge < -0.3 is 29.7 Å². The standard InChI is InChI=1S/C25H27ClN4O6/c26-16-9-17-23(30-24(28-17)36-19-11-35-21-18(31)10-34-22(19)21)29-20(16)14-3-1-12(2-4-14)13-5-7-15(8-6-13)27-25(32)33/h1-4,9,13,15,18-19,21-22,27,31H,5-8,10-11H2,(H,32,33)(H,28,29,30)/t13-,15-,18-,19-,21-,22-/m1/s1. The van der Waals surface area contributed by atoms with Gasteiger partial charge in [0, 0.05) is 11.6 Å². The molecular formula is C25H27ClN4O6. The zero-order valence-electron chi connectivity index (χ0n) is 19.4. The summed E-state index contributed by atoms with van der Waals surface area (Å²) in [6.45, 7) is 0.546. The Balaban J connectivity index is 1.16. The molecule has 4 atom stereocenters. The van der Waals surface area contributed by atoms with Gasteiger partial charge in [-0.25, -0.2) is 9.78 Å². The number of H-pyrrole nitrogens is 1. The lowest BCUT2D eigenvalue weighted by Gasteiger charge is -2.28. The zero-order chi connectivity index (χ0) is 24.8. The molecule has 3 fully saturated rings. The van der Waals surface area contributed by atoms with Gasteiger partial charge >= 0.3 is 6.09 Å². The van der Waals surface area contributed by atoms with Gasteiger partial charge in [0.2, 0.25) is 0 Å². The lowest BCUT2D eigenvalue weighted by atomic mass is 9.81. The monoisotopic (exact) mass is 514 g/mol. The number of rotatable bonds is 5. The third-order valence-corrected chi connectivity index (χ3v) is 7.65. The number of halogens is 1. The summed E-state index contributed by atoms with van der Waals surface area (Å²) in [6, 6.07) is 10.3. The first kappa shape index (κ1) is 23.5. The van der Waals surface area contributed by atoms with Gasteiger partial charge in [0.05, 0.1) is 23.9 Å². The molecule has 11 heteroatoms. The van der Waals surface area contributed by atoms with Gasteiger partial charge in [0.15, 0.2) is 11.8 Å². The van der Waals surface area contributed by atoms with E-state index in [-0.39, 0.29) is 31.0 Å². The van der Waals surface area contributed by atoms with Crippen molar-refractivity contribution in [1.29, 1.82) is 0 Å². The smallest absolute Gasteiger partial charge is 0.404 e. The average molecular weight is 515 g/mol. The van der Waals surface area contributed by atoms with Crippen LogP contribution >= 0.6 is 11.6 Å². The minimum absolute atomic E-state index is 0.0379. The molecule has 4 N–H and O–H groups in total. The Bertz CT molecular complexity index is 1260. The van der Waals surface area contributed by atoms with E-state index >= 15 is 0 Å². The summed E-state index contributed by atoms with van der Waals surface area (Å²) in [5.41, 5.74) is 3.92. The second-order valence-electron chi connectivity index (χ2n) is 9.67. The maximum absolute atomic E-state index is 10.9. The van der Waals surface area contributed by atoms with Crippen LogP contribution in [0, 0.1) is 0 Å². The number of nitrogens with one attached hydrogen (secondary N) is 2. The number of carbonyl (C=O) groups is 1. The van der Waals surface area contributed by atoms with Gasteiger partial charge in [-0.05, 0) is 43.2 Å². The maximum Gasteiger partial charge on any atom is 0.404 e. The van der Waals surface area contributed by atoms with Crippen LogP contribution in [0.1, 0.15) is 37.2 Å². The largest absolute Gasteiger partial charge is 0.465 e. The molecule has 3 aliphatic rings. The summed E-state index contributed by atoms with van der Waals surface area (Å²) < 4.78 is 17.2. The molecule has 0 bridgehead atoms. The molecule has 1 aromatic carbocycles. The Morgan fingerprint density at radius 3 is 2.58 bits per heavy atom. The van der Waals surface area contributed by atoms with Crippen LogP contribution < -0.4 is 10.1 Å². The number of imidazole rings is 1. The van der Waals surface area contributed by atoms with E-state index in [1.807, 2.05) is 12.1 Å². The SMILES string of the molecule is O=C(O)N[C@H]1CC[C@H](c2ccc(-c3nc4[nH]c(O[C@@H]5CO[C@H]6[C@@H]5OC[C@H]6O)nc4cc3Cl)cc2)CC1. The molecule has 2 saturated heterocycles. The number of pyridine rings is 1. The molecule has 0 radical (unpaired) electrons. The molecule has 6 rings (SSSR count). The van der Waals surface area contributed by atoms with E-state index in [0.29, 0.717) is 40.4 Å². The number of nitrogens with zero attached hydrogens (tertiary/aromatic N) is 2. The molecular weight excluding hydrogens is 488 g/mol. The fourth-order valence-corrected chi connectivity index (χ4v) is 5.76. The van der Waals surface area contributed by atoms with E-state index in [1.165, 1.54) is 5.56 Å². The fourth-order valence-electron chi connectivity index (χ4n) is 5.50. The van der Waals surface area contributed by atoms with Crippen molar-refractivity contribution in [1.82, 2.24) is 20.3 Å². The van der Waals surface area contributed by atoms with Gasteiger partial charge in [0.25, 0.3) is 6.01 Å². The Morgan fingerprint density at radius 1 is 1.08 bits per heavy atom. The number of aliphatic hydroxyl groups is 1. The molecule has 0 spiro atoms. The van der Waals surface area contributed by atoms with Crippen LogP contribution in [-0.4, -0.2) is 74.9 Å². The van der Waals surface area contributed by atoms with Crippen LogP contribution in [0.25, 0.3) is 22.4 Å². The summed E-state index contributed by atoms with van der Waals surface area (Å²) in [5.74, 6) is 0.410. The van der Waals surface area contributed by atoms with Crippen molar-refractivity contribution >= 4 is 28.9 Å². The number of hydrogen-bond donors (Lipinski definition) is 4. The van der Waals surface area contributed by atoms with Crippen LogP contribution in [0.3, 0.4) is 0 Å². The van der Waals surface area contributed by atoms with Crippen LogP contribution in [-0.2, 0) is 9.47 Å². The first-order chi connectivity index (χ1) is 17.4. The third kappa shape index (κ3) is 4.50. The van der Waals surface area contributed by atoms with E-state index < -0.39 is 12.2 Å². The van der Waals surface area contributed by atoms with Crippen molar-refractivity contribution in [2.24, 2.45) is 0 Å². The highest BCUT2D eigenvalue weighted by Gasteiger charge is 2.48. The van der Waals surface area contributed by atoms with Gasteiger partial charge in [0.1, 0.15) is 23.8 Å². The molecule has 1 amide bonds. The molecule has 190 valence electrons. The molecule has 4 heterocycles. The number of amides is 1. The second kappa shape index (κ2) is 9.51. The van der Waals surface area contributed by atoms with Gasteiger partial charge in [-0.15, -0.1) is 0 Å². The van der Waals surface area contributed by atoms with Crippen LogP contribution in [0.15, 0.2) is 30.3 Å². The molecule has 36 heavy (non-hydrogen) atoms. The topological polar surface area (TPSA) is 139 Å². The van der Waals surface area contributed by atoms with Crippen LogP contribution in [0.5, 0.6) is 6.01 Å². The van der Waals surface area contributed by atoms with E-state index in [4.69, 9.17) is 35.9 Å². The molecule has 3 aromatic rings. The number of aromatic nitrogens is 3. The predicted molar refractivity (Wildman–Crippen MR) is 130 cm³/mol. The normalized spacial score (nSPS) is 29.8. The number of carboxylic acid groups (broad SMARTS) is 1. The van der Waals surface area contributed by atoms with Crippen molar-refractivity contribution in [2.45, 2.75) is 62.1 Å². The molecule has 2 aliphatic heterocycles. The lowest BCUT2D eigenvalue weighted by molar-refractivity contribution is 0.00706. The Labute approximate surface area is 211 Å². The van der Waals surface area contributed by atoms with Gasteiger partial charge in [-0.3, -0.25) is 4.98 Å². The minimum atomic E-state index is -0.955. The van der Waals surface area contributed by atoms with E-state index in [2.05, 4.69) is 27.4 Å². The number of aromatic amines is 1. The first-order valence-electron chi connectivity index (χ1n) is 12.2. The third-order valence-electron chi connectivity index (χ3n) is 7.36. The molecule has 0 unspecified atom stereocenters. The predicted octanol–water partition coefficient (Wildman–Crippen LogP) is 3.48. The molecule has 2 aromatic heterocycles. The van der Waals surface area contributed by atoms with E-state index in [1.54, 1.807) is 6.07 Å². The van der Waals surface area contributed by atoms with Crippen molar-refractivity contribution in [3.8, 4) is 17.3 Å². The highest BCUT2D eigenvalue weighted by Crippen LogP contribution is 2.36. The number of ether oxygens (including phenoxy) is 3. The minimum Gasteiger partial charge on any atom is -0.465 e. The van der Waals surface area contributed by atoms with E-state index in [0.717, 1.165) is 31.2 Å². The maximum atomic E-state index is 10.9. The highest BCUT2D eigenvalue weighted by atomic mass is 35.5. The van der Waals surface area contributed by atoms with Crippen LogP contribution in [0.4, 0.5) is 4.79 Å². The van der Waals surface area contributed by atoms with Crippen molar-refractivity contribution in [3.05, 3.63) is 40.9 Å². The summed E-state index contributed by atoms with van der Waals surface area (Å²) in [6.07, 6.45) is 0.905. The fraction of sp³-hybridized carbons (Fsp3) is 0.480. The van der Waals surface area contributed by atoms with Gasteiger partial charge in [-0.1, -0.05) is 35.9 Å². The van der Waals surface area contributed by atoms with Gasteiger partial charge in [-0.2, -0.15) is 4.98 Å². The number of benzene rings is 1. The van der Waals surface area contributed by atoms with Crippen molar-refractivity contribution < 1.29 is 29.2 Å². The van der Waals surface area contributed by atoms with E-state index in [9.17, 15) is 9.90 Å². The van der Waals surface area contributed by atoms with Crippen LogP contribution in [0.2, 0.25) is 5.02 Å². The number of aliphatic hydroxyl groups excluding tert-OH is 1. The molecule has 1 saturated carbocycles. The molecule has 1 aliphatic carbocycles. The summed E-state index contributed by atoms with van der Waals surface area (Å²) in [5, 5.41) is 21.9. The first-order valence-corrected chi connectivity index (χ1v) is 12.6. The van der Waals surface area contributed by atoms with Crippen molar-refractivity contribution in [3.63, 3.8) is 0 Å². The quantitative estimate of drug-likeness (QED) is 0.406. The number of fused-ring (bicyclic) bond motifs is 2. The average Bonchev–Trinajstić information content (AvgIpc) is 3.55. The zero-order valence-corrected chi connectivity index (χ0v) is 20.1. The lowest BCUT2D eigenvalue weighted by Crippen LogP contribution is -2.36. The molecule has 10 nitrogen and oxygen atoms in total.